The predicted molar refractivity (Wildman–Crippen MR) is 77.4 cm³/mol. The maximum absolute atomic E-state index is 12.3. The topological polar surface area (TPSA) is 91.8 Å². The Balaban J connectivity index is 2.60. The molecular weight excluding hydrogens is 256 g/mol. The van der Waals surface area contributed by atoms with Gasteiger partial charge in [-0.25, -0.2) is 0 Å². The van der Waals surface area contributed by atoms with Gasteiger partial charge in [-0.3, -0.25) is 9.78 Å². The molecule has 6 heteroatoms. The number of hydrogen-bond acceptors (Lipinski definition) is 4. The number of nitrogens with zero attached hydrogens (tertiary/aromatic N) is 3. The van der Waals surface area contributed by atoms with E-state index in [9.17, 15) is 4.79 Å². The molecule has 0 bridgehead atoms. The highest BCUT2D eigenvalue weighted by Crippen LogP contribution is 2.11. The molecule has 0 saturated heterocycles. The number of rotatable bonds is 7. The van der Waals surface area contributed by atoms with Crippen molar-refractivity contribution < 1.29 is 10.0 Å². The quantitative estimate of drug-likeness (QED) is 0.340. The lowest BCUT2D eigenvalue weighted by Gasteiger charge is -2.22. The number of carbonyl (C=O) groups is 1. The number of likely N-dealkylation sites (N-methyl/N-ethyl adjacent to an activating group) is 1. The summed E-state index contributed by atoms with van der Waals surface area (Å²) >= 11 is 0. The minimum absolute atomic E-state index is 0.0264. The van der Waals surface area contributed by atoms with Crippen molar-refractivity contribution in [2.45, 2.75) is 26.2 Å². The van der Waals surface area contributed by atoms with Crippen LogP contribution in [0.5, 0.6) is 0 Å². The van der Waals surface area contributed by atoms with Crippen LogP contribution in [-0.4, -0.2) is 40.4 Å². The molecule has 0 saturated carbocycles. The normalized spacial score (nSPS) is 13.0. The van der Waals surface area contributed by atoms with Crippen LogP contribution in [0.4, 0.5) is 0 Å². The molecule has 1 unspecified atom stereocenters. The molecule has 0 aliphatic rings. The van der Waals surface area contributed by atoms with Crippen molar-refractivity contribution in [3.05, 3.63) is 30.1 Å². The smallest absolute Gasteiger partial charge is 0.233 e. The Morgan fingerprint density at radius 1 is 1.55 bits per heavy atom. The highest BCUT2D eigenvalue weighted by Gasteiger charge is 2.25. The third kappa shape index (κ3) is 4.53. The van der Waals surface area contributed by atoms with Gasteiger partial charge in [-0.2, -0.15) is 0 Å². The molecule has 0 aliphatic heterocycles. The Morgan fingerprint density at radius 2 is 2.30 bits per heavy atom. The van der Waals surface area contributed by atoms with Gasteiger partial charge < -0.3 is 15.8 Å². The standard InChI is InChI=1S/C14H22N4O2/c1-3-6-12(13(15)17-20)14(19)18(2)10-8-11-7-4-5-9-16-11/h4-5,7,9,12,20H,3,6,8,10H2,1-2H3,(H2,15,17). The van der Waals surface area contributed by atoms with Crippen molar-refractivity contribution in [1.29, 1.82) is 0 Å². The molecule has 1 aromatic heterocycles. The third-order valence-electron chi connectivity index (χ3n) is 3.15. The Labute approximate surface area is 119 Å². The van der Waals surface area contributed by atoms with E-state index in [0.29, 0.717) is 19.4 Å². The fourth-order valence-corrected chi connectivity index (χ4v) is 1.96. The summed E-state index contributed by atoms with van der Waals surface area (Å²) in [5, 5.41) is 11.7. The summed E-state index contributed by atoms with van der Waals surface area (Å²) in [7, 11) is 1.72. The van der Waals surface area contributed by atoms with Crippen molar-refractivity contribution >= 4 is 11.7 Å². The van der Waals surface area contributed by atoms with Crippen molar-refractivity contribution in [2.24, 2.45) is 16.8 Å². The first-order valence-electron chi connectivity index (χ1n) is 6.72. The fraction of sp³-hybridized carbons (Fsp3) is 0.500. The monoisotopic (exact) mass is 278 g/mol. The van der Waals surface area contributed by atoms with E-state index in [0.717, 1.165) is 12.1 Å². The summed E-state index contributed by atoms with van der Waals surface area (Å²) in [6.07, 6.45) is 3.77. The van der Waals surface area contributed by atoms with Gasteiger partial charge in [0.1, 0.15) is 0 Å². The highest BCUT2D eigenvalue weighted by molar-refractivity contribution is 6.01. The number of oxime groups is 1. The van der Waals surface area contributed by atoms with E-state index in [1.165, 1.54) is 0 Å². The van der Waals surface area contributed by atoms with Crippen LogP contribution in [0.2, 0.25) is 0 Å². The molecule has 0 aromatic carbocycles. The molecule has 6 nitrogen and oxygen atoms in total. The number of hydrogen-bond donors (Lipinski definition) is 2. The average Bonchev–Trinajstić information content (AvgIpc) is 2.49. The van der Waals surface area contributed by atoms with Gasteiger partial charge in [0.2, 0.25) is 5.91 Å². The van der Waals surface area contributed by atoms with Crippen LogP contribution in [0.15, 0.2) is 29.6 Å². The van der Waals surface area contributed by atoms with Crippen molar-refractivity contribution in [3.63, 3.8) is 0 Å². The zero-order valence-corrected chi connectivity index (χ0v) is 12.0. The van der Waals surface area contributed by atoms with Crippen molar-refractivity contribution in [1.82, 2.24) is 9.88 Å². The van der Waals surface area contributed by atoms with E-state index in [2.05, 4.69) is 10.1 Å². The first-order chi connectivity index (χ1) is 9.60. The van der Waals surface area contributed by atoms with E-state index in [4.69, 9.17) is 10.9 Å². The van der Waals surface area contributed by atoms with Crippen LogP contribution in [0.1, 0.15) is 25.5 Å². The summed E-state index contributed by atoms with van der Waals surface area (Å²) in [6.45, 7) is 2.51. The van der Waals surface area contributed by atoms with Gasteiger partial charge in [-0.05, 0) is 18.6 Å². The number of carbonyl (C=O) groups excluding carboxylic acids is 1. The summed E-state index contributed by atoms with van der Waals surface area (Å²) in [4.78, 5) is 18.1. The Hall–Kier alpha value is -2.11. The second-order valence-electron chi connectivity index (χ2n) is 4.70. The molecule has 0 aliphatic carbocycles. The van der Waals surface area contributed by atoms with Crippen LogP contribution in [0.25, 0.3) is 0 Å². The Bertz CT molecular complexity index is 448. The molecule has 20 heavy (non-hydrogen) atoms. The molecule has 1 atom stereocenters. The van der Waals surface area contributed by atoms with E-state index in [1.54, 1.807) is 18.1 Å². The lowest BCUT2D eigenvalue weighted by molar-refractivity contribution is -0.132. The summed E-state index contributed by atoms with van der Waals surface area (Å²) in [6, 6.07) is 5.69. The number of pyridine rings is 1. The molecule has 1 amide bonds. The first kappa shape index (κ1) is 15.9. The number of amidine groups is 1. The van der Waals surface area contributed by atoms with Gasteiger partial charge in [0.05, 0.1) is 5.92 Å². The van der Waals surface area contributed by atoms with Gasteiger partial charge in [0.15, 0.2) is 5.84 Å². The van der Waals surface area contributed by atoms with E-state index < -0.39 is 5.92 Å². The van der Waals surface area contributed by atoms with Gasteiger partial charge in [-0.15, -0.1) is 0 Å². The van der Waals surface area contributed by atoms with Crippen LogP contribution in [-0.2, 0) is 11.2 Å². The molecule has 110 valence electrons. The second-order valence-corrected chi connectivity index (χ2v) is 4.70. The lowest BCUT2D eigenvalue weighted by atomic mass is 10.0. The maximum Gasteiger partial charge on any atom is 0.233 e. The van der Waals surface area contributed by atoms with Crippen molar-refractivity contribution in [3.8, 4) is 0 Å². The zero-order valence-electron chi connectivity index (χ0n) is 12.0. The van der Waals surface area contributed by atoms with Crippen LogP contribution in [0, 0.1) is 5.92 Å². The lowest BCUT2D eigenvalue weighted by Crippen LogP contribution is -2.40. The van der Waals surface area contributed by atoms with Crippen LogP contribution in [0.3, 0.4) is 0 Å². The van der Waals surface area contributed by atoms with Crippen molar-refractivity contribution in [2.75, 3.05) is 13.6 Å². The Kier molecular flexibility index (Phi) is 6.49. The predicted octanol–water partition coefficient (Wildman–Crippen LogP) is 1.25. The summed E-state index contributed by atoms with van der Waals surface area (Å²) in [5.41, 5.74) is 6.52. The maximum atomic E-state index is 12.3. The summed E-state index contributed by atoms with van der Waals surface area (Å²) < 4.78 is 0. The SMILES string of the molecule is CCCC(C(=O)N(C)CCc1ccccn1)C(N)=NO. The Morgan fingerprint density at radius 3 is 2.85 bits per heavy atom. The van der Waals surface area contributed by atoms with E-state index in [1.807, 2.05) is 25.1 Å². The van der Waals surface area contributed by atoms with Crippen LogP contribution >= 0.6 is 0 Å². The fourth-order valence-electron chi connectivity index (χ4n) is 1.96. The second kappa shape index (κ2) is 8.14. The van der Waals surface area contributed by atoms with Crippen LogP contribution < -0.4 is 5.73 Å². The molecule has 1 rings (SSSR count). The summed E-state index contributed by atoms with van der Waals surface area (Å²) in [5.74, 6) is -0.710. The minimum atomic E-state index is -0.557. The van der Waals surface area contributed by atoms with Gasteiger partial charge in [0, 0.05) is 31.9 Å². The third-order valence-corrected chi connectivity index (χ3v) is 3.15. The number of amides is 1. The average molecular weight is 278 g/mol. The first-order valence-corrected chi connectivity index (χ1v) is 6.72. The van der Waals surface area contributed by atoms with Gasteiger partial charge in [0.25, 0.3) is 0 Å². The molecule has 1 aromatic rings. The number of aromatic nitrogens is 1. The minimum Gasteiger partial charge on any atom is -0.409 e. The highest BCUT2D eigenvalue weighted by atomic mass is 16.4. The van der Waals surface area contributed by atoms with E-state index >= 15 is 0 Å². The molecule has 3 N–H and O–H groups in total. The molecule has 1 heterocycles. The zero-order chi connectivity index (χ0) is 15.0. The molecular formula is C14H22N4O2. The molecule has 0 radical (unpaired) electrons. The molecule has 0 spiro atoms. The van der Waals surface area contributed by atoms with E-state index in [-0.39, 0.29) is 11.7 Å². The van der Waals surface area contributed by atoms with Gasteiger partial charge in [-0.1, -0.05) is 24.6 Å². The number of nitrogens with two attached hydrogens (primary N) is 1. The molecule has 0 fully saturated rings. The largest absolute Gasteiger partial charge is 0.409 e. The van der Waals surface area contributed by atoms with Gasteiger partial charge >= 0.3 is 0 Å².